The van der Waals surface area contributed by atoms with Gasteiger partial charge in [-0.1, -0.05) is 18.2 Å². The predicted molar refractivity (Wildman–Crippen MR) is 98.1 cm³/mol. The van der Waals surface area contributed by atoms with E-state index in [1.165, 1.54) is 4.90 Å². The fourth-order valence-electron chi connectivity index (χ4n) is 2.45. The van der Waals surface area contributed by atoms with Crippen LogP contribution in [0.25, 0.3) is 0 Å². The molecule has 1 aromatic carbocycles. The number of β-lactam (4-membered cyclic amide) rings is 1. The number of amides is 4. The van der Waals surface area contributed by atoms with Gasteiger partial charge in [0, 0.05) is 18.9 Å². The first-order valence-electron chi connectivity index (χ1n) is 7.93. The first-order chi connectivity index (χ1) is 12.3. The molecule has 0 radical (unpaired) electrons. The molecule has 4 N–H and O–H groups in total. The molecule has 1 fully saturated rings. The lowest BCUT2D eigenvalue weighted by Gasteiger charge is -2.37. The second-order valence-electron chi connectivity index (χ2n) is 5.81. The van der Waals surface area contributed by atoms with E-state index in [9.17, 15) is 14.4 Å². The molecule has 0 spiro atoms. The van der Waals surface area contributed by atoms with Crippen LogP contribution in [0.5, 0.6) is 0 Å². The minimum Gasteiger partial charge on any atom is -0.384 e. The molecule has 0 saturated carbocycles. The molecular formula is C18H21N5O3. The molecule has 1 unspecified atom stereocenters. The average Bonchev–Trinajstić information content (AvgIpc) is 2.59. The van der Waals surface area contributed by atoms with Gasteiger partial charge in [0.2, 0.25) is 5.91 Å². The Morgan fingerprint density at radius 2 is 1.88 bits per heavy atom. The van der Waals surface area contributed by atoms with E-state index in [2.05, 4.69) is 4.98 Å². The van der Waals surface area contributed by atoms with Gasteiger partial charge in [0.15, 0.2) is 0 Å². The number of para-hydroxylation sites is 1. The maximum absolute atomic E-state index is 12.1. The van der Waals surface area contributed by atoms with Gasteiger partial charge >= 0.3 is 6.03 Å². The van der Waals surface area contributed by atoms with Gasteiger partial charge < -0.3 is 16.4 Å². The molecule has 2 aromatic rings. The largest absolute Gasteiger partial charge is 0.384 e. The molecule has 2 heterocycles. The van der Waals surface area contributed by atoms with Crippen LogP contribution in [0.1, 0.15) is 12.0 Å². The molecule has 136 valence electrons. The van der Waals surface area contributed by atoms with Crippen LogP contribution >= 0.6 is 0 Å². The van der Waals surface area contributed by atoms with Crippen molar-refractivity contribution in [3.63, 3.8) is 0 Å². The van der Waals surface area contributed by atoms with Crippen LogP contribution in [0.4, 0.5) is 16.3 Å². The number of carbonyl (C=O) groups excluding carboxylic acids is 3. The molecule has 0 bridgehead atoms. The monoisotopic (exact) mass is 355 g/mol. The number of pyridine rings is 1. The number of primary amides is 1. The third kappa shape index (κ3) is 4.35. The molecule has 0 aliphatic carbocycles. The van der Waals surface area contributed by atoms with Crippen molar-refractivity contribution < 1.29 is 14.4 Å². The zero-order chi connectivity index (χ0) is 19.3. The van der Waals surface area contributed by atoms with Crippen LogP contribution in [0, 0.1) is 6.92 Å². The van der Waals surface area contributed by atoms with Crippen LogP contribution < -0.4 is 16.4 Å². The molecule has 1 aliphatic rings. The van der Waals surface area contributed by atoms with E-state index in [1.807, 2.05) is 25.1 Å². The Morgan fingerprint density at radius 3 is 2.35 bits per heavy atom. The van der Waals surface area contributed by atoms with Crippen molar-refractivity contribution in [1.29, 1.82) is 0 Å². The molecule has 8 nitrogen and oxygen atoms in total. The summed E-state index contributed by atoms with van der Waals surface area (Å²) < 4.78 is 0. The van der Waals surface area contributed by atoms with Gasteiger partial charge in [0.25, 0.3) is 5.91 Å². The minimum atomic E-state index is -0.883. The first-order valence-corrected chi connectivity index (χ1v) is 7.93. The molecule has 1 aromatic heterocycles. The molecule has 1 atom stereocenters. The smallest absolute Gasteiger partial charge is 0.322 e. The highest BCUT2D eigenvalue weighted by atomic mass is 16.2. The lowest BCUT2D eigenvalue weighted by molar-refractivity contribution is -0.147. The van der Waals surface area contributed by atoms with Crippen LogP contribution in [0.15, 0.2) is 48.7 Å². The second-order valence-corrected chi connectivity index (χ2v) is 5.81. The van der Waals surface area contributed by atoms with Gasteiger partial charge in [-0.25, -0.2) is 9.78 Å². The Morgan fingerprint density at radius 1 is 1.23 bits per heavy atom. The topological polar surface area (TPSA) is 123 Å². The summed E-state index contributed by atoms with van der Waals surface area (Å²) in [6.45, 7) is 1.98. The Hall–Kier alpha value is -3.42. The number of carbonyl (C=O) groups is 3. The number of benzene rings is 1. The van der Waals surface area contributed by atoms with Gasteiger partial charge in [0.05, 0.1) is 6.42 Å². The van der Waals surface area contributed by atoms with Gasteiger partial charge in [0.1, 0.15) is 11.9 Å². The minimum absolute atomic E-state index is 0.0267. The van der Waals surface area contributed by atoms with E-state index in [0.29, 0.717) is 11.5 Å². The number of urea groups is 1. The summed E-state index contributed by atoms with van der Waals surface area (Å²) >= 11 is 0. The number of anilines is 2. The summed E-state index contributed by atoms with van der Waals surface area (Å²) in [5.74, 6) is -0.146. The number of hydrogen-bond donors (Lipinski definition) is 2. The van der Waals surface area contributed by atoms with Crippen molar-refractivity contribution in [3.05, 3.63) is 54.2 Å². The fourth-order valence-corrected chi connectivity index (χ4v) is 2.45. The number of rotatable bonds is 2. The normalized spacial score (nSPS) is 15.4. The van der Waals surface area contributed by atoms with Crippen LogP contribution in [0.2, 0.25) is 0 Å². The summed E-state index contributed by atoms with van der Waals surface area (Å²) in [5.41, 5.74) is 12.2. The number of nitrogens with zero attached hydrogens (tertiary/aromatic N) is 3. The van der Waals surface area contributed by atoms with Crippen molar-refractivity contribution in [3.8, 4) is 0 Å². The zero-order valence-electron chi connectivity index (χ0n) is 14.6. The van der Waals surface area contributed by atoms with Gasteiger partial charge in [-0.15, -0.1) is 0 Å². The summed E-state index contributed by atoms with van der Waals surface area (Å²) in [4.78, 5) is 40.4. The van der Waals surface area contributed by atoms with E-state index in [4.69, 9.17) is 11.5 Å². The molecule has 8 heteroatoms. The van der Waals surface area contributed by atoms with Crippen LogP contribution in [-0.2, 0) is 9.59 Å². The van der Waals surface area contributed by atoms with Crippen molar-refractivity contribution in [2.45, 2.75) is 19.4 Å². The molecule has 26 heavy (non-hydrogen) atoms. The van der Waals surface area contributed by atoms with Gasteiger partial charge in [-0.05, 0) is 36.8 Å². The maximum Gasteiger partial charge on any atom is 0.322 e. The highest BCUT2D eigenvalue weighted by Gasteiger charge is 2.45. The van der Waals surface area contributed by atoms with E-state index in [1.54, 1.807) is 37.5 Å². The van der Waals surface area contributed by atoms with Crippen molar-refractivity contribution in [2.75, 3.05) is 17.7 Å². The Kier molecular flexibility index (Phi) is 5.90. The average molecular weight is 355 g/mol. The maximum atomic E-state index is 12.1. The molecule has 1 saturated heterocycles. The quantitative estimate of drug-likeness (QED) is 0.786. The predicted octanol–water partition coefficient (Wildman–Crippen LogP) is 1.30. The van der Waals surface area contributed by atoms with Crippen LogP contribution in [-0.4, -0.2) is 40.8 Å². The summed E-state index contributed by atoms with van der Waals surface area (Å²) in [7, 11) is 1.60. The summed E-state index contributed by atoms with van der Waals surface area (Å²) in [6.07, 6.45) is 1.73. The van der Waals surface area contributed by atoms with Crippen molar-refractivity contribution in [1.82, 2.24) is 9.88 Å². The molecule has 1 aliphatic heterocycles. The number of nitrogens with two attached hydrogens (primary N) is 2. The lowest BCUT2D eigenvalue weighted by Crippen LogP contribution is -2.63. The van der Waals surface area contributed by atoms with E-state index in [0.717, 1.165) is 10.5 Å². The second kappa shape index (κ2) is 8.11. The van der Waals surface area contributed by atoms with Crippen molar-refractivity contribution >= 4 is 29.4 Å². The third-order valence-corrected chi connectivity index (χ3v) is 3.88. The SMILES string of the molecule is CN(C(=O)C1CC(=O)N1C(N)=O)c1ccccc1.Cc1ccnc(N)c1. The summed E-state index contributed by atoms with van der Waals surface area (Å²) in [6, 6.07) is 11.1. The fraction of sp³-hybridized carbons (Fsp3) is 0.222. The Bertz CT molecular complexity index is 784. The first kappa shape index (κ1) is 18.9. The van der Waals surface area contributed by atoms with Gasteiger partial charge in [-0.2, -0.15) is 0 Å². The number of aromatic nitrogens is 1. The summed E-state index contributed by atoms with van der Waals surface area (Å²) in [5, 5.41) is 0. The van der Waals surface area contributed by atoms with Crippen molar-refractivity contribution in [2.24, 2.45) is 5.73 Å². The van der Waals surface area contributed by atoms with E-state index in [-0.39, 0.29) is 12.3 Å². The van der Waals surface area contributed by atoms with Gasteiger partial charge in [-0.3, -0.25) is 14.5 Å². The van der Waals surface area contributed by atoms with Crippen LogP contribution in [0.3, 0.4) is 0 Å². The Labute approximate surface area is 151 Å². The molecular weight excluding hydrogens is 334 g/mol. The van der Waals surface area contributed by atoms with E-state index < -0.39 is 18.0 Å². The number of imide groups is 1. The molecule has 4 amide bonds. The number of hydrogen-bond acceptors (Lipinski definition) is 5. The number of nitrogen functional groups attached to an aromatic ring is 1. The Balaban J connectivity index is 0.000000254. The highest BCUT2D eigenvalue weighted by molar-refractivity contribution is 6.10. The number of aryl methyl sites for hydroxylation is 1. The number of likely N-dealkylation sites (N-methyl/N-ethyl adjacent to an activating group) is 1. The lowest BCUT2D eigenvalue weighted by atomic mass is 10.0. The standard InChI is InChI=1S/C12H13N3O3.C6H8N2/c1-14(8-5-3-2-4-6-8)11(17)9-7-10(16)15(9)12(13)18;1-5-2-3-8-6(7)4-5/h2-6,9H,7H2,1H3,(H2,13,18);2-4H,1H3,(H2,7,8). The highest BCUT2D eigenvalue weighted by Crippen LogP contribution is 2.23. The zero-order valence-corrected chi connectivity index (χ0v) is 14.6. The third-order valence-electron chi connectivity index (χ3n) is 3.88. The van der Waals surface area contributed by atoms with E-state index >= 15 is 0 Å². The number of likely N-dealkylation sites (tertiary alicyclic amines) is 1. The molecule has 3 rings (SSSR count).